The number of carbonyl (C=O) groups is 1. The third-order valence-electron chi connectivity index (χ3n) is 3.98. The fourth-order valence-corrected chi connectivity index (χ4v) is 3.22. The minimum Gasteiger partial charge on any atom is -0.385 e. The van der Waals surface area contributed by atoms with Crippen LogP contribution in [0.3, 0.4) is 0 Å². The van der Waals surface area contributed by atoms with E-state index < -0.39 is 0 Å². The topological polar surface area (TPSA) is 51.2 Å². The average molecular weight is 389 g/mol. The molecule has 1 aromatic heterocycles. The molecule has 0 saturated carbocycles. The minimum absolute atomic E-state index is 0.147. The van der Waals surface area contributed by atoms with Crippen molar-refractivity contribution in [2.24, 2.45) is 0 Å². The number of benzene rings is 2. The summed E-state index contributed by atoms with van der Waals surface area (Å²) < 4.78 is 5.01. The second kappa shape index (κ2) is 8.49. The standard InChI is InChI=1S/C20H18Cl2N2O2/c1-26-10-4-9-23-20(25)16-12-19(15-8-7-13(21)11-17(15)22)24-18-6-3-2-5-14(16)18/h2-3,5-8,11-12H,4,9-10H2,1H3,(H,23,25). The van der Waals surface area contributed by atoms with Gasteiger partial charge in [0.05, 0.1) is 21.8 Å². The van der Waals surface area contributed by atoms with Crippen molar-refractivity contribution in [3.8, 4) is 11.3 Å². The van der Waals surface area contributed by atoms with E-state index in [1.807, 2.05) is 30.3 Å². The molecule has 0 spiro atoms. The first kappa shape index (κ1) is 18.6. The van der Waals surface area contributed by atoms with Crippen LogP contribution in [-0.4, -0.2) is 31.2 Å². The molecule has 134 valence electrons. The molecule has 0 saturated heterocycles. The number of amides is 1. The van der Waals surface area contributed by atoms with E-state index in [0.29, 0.717) is 34.5 Å². The summed E-state index contributed by atoms with van der Waals surface area (Å²) >= 11 is 12.3. The normalized spacial score (nSPS) is 10.9. The molecule has 1 heterocycles. The molecule has 0 bridgehead atoms. The zero-order valence-electron chi connectivity index (χ0n) is 14.3. The summed E-state index contributed by atoms with van der Waals surface area (Å²) in [6, 6.07) is 14.5. The molecule has 1 amide bonds. The molecule has 26 heavy (non-hydrogen) atoms. The molecule has 0 unspecified atom stereocenters. The largest absolute Gasteiger partial charge is 0.385 e. The lowest BCUT2D eigenvalue weighted by molar-refractivity contribution is 0.0950. The lowest BCUT2D eigenvalue weighted by Crippen LogP contribution is -2.25. The SMILES string of the molecule is COCCCNC(=O)c1cc(-c2ccc(Cl)cc2Cl)nc2ccccc12. The van der Waals surface area contributed by atoms with Crippen LogP contribution >= 0.6 is 23.2 Å². The number of fused-ring (bicyclic) bond motifs is 1. The Morgan fingerprint density at radius 2 is 1.96 bits per heavy atom. The van der Waals surface area contributed by atoms with Crippen molar-refractivity contribution >= 4 is 40.0 Å². The fraction of sp³-hybridized carbons (Fsp3) is 0.200. The highest BCUT2D eigenvalue weighted by Gasteiger charge is 2.15. The maximum atomic E-state index is 12.7. The molecule has 4 nitrogen and oxygen atoms in total. The molecule has 3 aromatic rings. The monoisotopic (exact) mass is 388 g/mol. The Morgan fingerprint density at radius 1 is 1.15 bits per heavy atom. The Bertz CT molecular complexity index is 944. The van der Waals surface area contributed by atoms with Gasteiger partial charge in [0.1, 0.15) is 0 Å². The van der Waals surface area contributed by atoms with E-state index in [0.717, 1.165) is 22.9 Å². The van der Waals surface area contributed by atoms with E-state index in [4.69, 9.17) is 27.9 Å². The first-order valence-corrected chi connectivity index (χ1v) is 8.98. The number of ether oxygens (including phenoxy) is 1. The Labute approximate surface area is 162 Å². The van der Waals surface area contributed by atoms with Crippen molar-refractivity contribution in [3.05, 3.63) is 64.1 Å². The summed E-state index contributed by atoms with van der Waals surface area (Å²) in [5.41, 5.74) is 2.66. The Hall–Kier alpha value is -2.14. The average Bonchev–Trinajstić information content (AvgIpc) is 2.64. The molecule has 0 atom stereocenters. The molecule has 2 aromatic carbocycles. The van der Waals surface area contributed by atoms with Gasteiger partial charge in [-0.25, -0.2) is 4.98 Å². The third kappa shape index (κ3) is 4.15. The van der Waals surface area contributed by atoms with Crippen molar-refractivity contribution in [2.75, 3.05) is 20.3 Å². The highest BCUT2D eigenvalue weighted by Crippen LogP contribution is 2.31. The van der Waals surface area contributed by atoms with Gasteiger partial charge in [-0.3, -0.25) is 4.79 Å². The number of rotatable bonds is 6. The lowest BCUT2D eigenvalue weighted by Gasteiger charge is -2.11. The van der Waals surface area contributed by atoms with Gasteiger partial charge >= 0.3 is 0 Å². The molecule has 3 rings (SSSR count). The zero-order valence-corrected chi connectivity index (χ0v) is 15.8. The van der Waals surface area contributed by atoms with Crippen LogP contribution < -0.4 is 5.32 Å². The molecule has 0 radical (unpaired) electrons. The van der Waals surface area contributed by atoms with Crippen LogP contribution in [0.25, 0.3) is 22.2 Å². The highest BCUT2D eigenvalue weighted by atomic mass is 35.5. The molecule has 0 aliphatic heterocycles. The minimum atomic E-state index is -0.147. The zero-order chi connectivity index (χ0) is 18.5. The summed E-state index contributed by atoms with van der Waals surface area (Å²) in [7, 11) is 1.64. The maximum absolute atomic E-state index is 12.7. The van der Waals surface area contributed by atoms with Crippen LogP contribution in [-0.2, 0) is 4.74 Å². The van der Waals surface area contributed by atoms with Gasteiger partial charge in [0.25, 0.3) is 5.91 Å². The van der Waals surface area contributed by atoms with Crippen LogP contribution in [0.15, 0.2) is 48.5 Å². The van der Waals surface area contributed by atoms with Crippen LogP contribution in [0.2, 0.25) is 10.0 Å². The van der Waals surface area contributed by atoms with Gasteiger partial charge < -0.3 is 10.1 Å². The molecule has 0 aliphatic carbocycles. The Morgan fingerprint density at radius 3 is 2.73 bits per heavy atom. The van der Waals surface area contributed by atoms with E-state index in [2.05, 4.69) is 10.3 Å². The number of carbonyl (C=O) groups excluding carboxylic acids is 1. The quantitative estimate of drug-likeness (QED) is 0.606. The van der Waals surface area contributed by atoms with E-state index in [1.165, 1.54) is 0 Å². The maximum Gasteiger partial charge on any atom is 0.252 e. The van der Waals surface area contributed by atoms with Crippen LogP contribution in [0.4, 0.5) is 0 Å². The van der Waals surface area contributed by atoms with Gasteiger partial charge in [-0.1, -0.05) is 41.4 Å². The second-order valence-corrected chi connectivity index (χ2v) is 6.64. The summed E-state index contributed by atoms with van der Waals surface area (Å²) in [5, 5.41) is 4.77. The van der Waals surface area contributed by atoms with E-state index in [1.54, 1.807) is 25.3 Å². The summed E-state index contributed by atoms with van der Waals surface area (Å²) in [6.07, 6.45) is 0.751. The van der Waals surface area contributed by atoms with Gasteiger partial charge in [-0.2, -0.15) is 0 Å². The smallest absolute Gasteiger partial charge is 0.252 e. The van der Waals surface area contributed by atoms with Crippen molar-refractivity contribution in [3.63, 3.8) is 0 Å². The Balaban J connectivity index is 2.02. The molecule has 1 N–H and O–H groups in total. The van der Waals surface area contributed by atoms with Crippen LogP contribution in [0.1, 0.15) is 16.8 Å². The number of pyridine rings is 1. The van der Waals surface area contributed by atoms with Gasteiger partial charge in [0.2, 0.25) is 0 Å². The first-order valence-electron chi connectivity index (χ1n) is 8.22. The number of para-hydroxylation sites is 1. The number of halogens is 2. The Kier molecular flexibility index (Phi) is 6.09. The van der Waals surface area contributed by atoms with Crippen LogP contribution in [0, 0.1) is 0 Å². The first-order chi connectivity index (χ1) is 12.6. The van der Waals surface area contributed by atoms with Gasteiger partial charge in [0.15, 0.2) is 0 Å². The van der Waals surface area contributed by atoms with E-state index in [9.17, 15) is 4.79 Å². The summed E-state index contributed by atoms with van der Waals surface area (Å²) in [6.45, 7) is 1.14. The van der Waals surface area contributed by atoms with Gasteiger partial charge in [-0.05, 0) is 36.8 Å². The molecular formula is C20H18Cl2N2O2. The molecule has 0 fully saturated rings. The van der Waals surface area contributed by atoms with Crippen molar-refractivity contribution in [1.82, 2.24) is 10.3 Å². The second-order valence-electron chi connectivity index (χ2n) is 5.80. The number of aromatic nitrogens is 1. The van der Waals surface area contributed by atoms with Crippen molar-refractivity contribution in [2.45, 2.75) is 6.42 Å². The summed E-state index contributed by atoms with van der Waals surface area (Å²) in [5.74, 6) is -0.147. The predicted octanol–water partition coefficient (Wildman–Crippen LogP) is 4.97. The number of hydrogen-bond acceptors (Lipinski definition) is 3. The number of hydrogen-bond donors (Lipinski definition) is 1. The number of nitrogens with zero attached hydrogens (tertiary/aromatic N) is 1. The van der Waals surface area contributed by atoms with Crippen molar-refractivity contribution < 1.29 is 9.53 Å². The van der Waals surface area contributed by atoms with Crippen LogP contribution in [0.5, 0.6) is 0 Å². The molecular weight excluding hydrogens is 371 g/mol. The van der Waals surface area contributed by atoms with E-state index in [-0.39, 0.29) is 5.91 Å². The van der Waals surface area contributed by atoms with Crippen molar-refractivity contribution in [1.29, 1.82) is 0 Å². The summed E-state index contributed by atoms with van der Waals surface area (Å²) in [4.78, 5) is 17.4. The van der Waals surface area contributed by atoms with E-state index >= 15 is 0 Å². The number of nitrogens with one attached hydrogen (secondary N) is 1. The molecule has 0 aliphatic rings. The molecule has 6 heteroatoms. The van der Waals surface area contributed by atoms with Gasteiger partial charge in [0, 0.05) is 36.2 Å². The number of methoxy groups -OCH3 is 1. The van der Waals surface area contributed by atoms with Gasteiger partial charge in [-0.15, -0.1) is 0 Å². The highest BCUT2D eigenvalue weighted by molar-refractivity contribution is 6.36. The fourth-order valence-electron chi connectivity index (χ4n) is 2.71. The predicted molar refractivity (Wildman–Crippen MR) is 106 cm³/mol. The third-order valence-corrected chi connectivity index (χ3v) is 4.53. The lowest BCUT2D eigenvalue weighted by atomic mass is 10.0.